The second-order valence-corrected chi connectivity index (χ2v) is 9.05. The van der Waals surface area contributed by atoms with E-state index in [9.17, 15) is 4.79 Å². The van der Waals surface area contributed by atoms with Crippen LogP contribution in [0.3, 0.4) is 0 Å². The van der Waals surface area contributed by atoms with E-state index < -0.39 is 0 Å². The summed E-state index contributed by atoms with van der Waals surface area (Å²) in [5.41, 5.74) is 0.854. The van der Waals surface area contributed by atoms with Crippen LogP contribution in [0, 0.1) is 11.8 Å². The van der Waals surface area contributed by atoms with E-state index in [1.165, 1.54) is 19.3 Å². The summed E-state index contributed by atoms with van der Waals surface area (Å²) in [5.74, 6) is 2.36. The highest BCUT2D eigenvalue weighted by atomic mass is 32.2. The van der Waals surface area contributed by atoms with Gasteiger partial charge in [-0.05, 0) is 43.2 Å². The number of para-hydroxylation sites is 1. The third-order valence-corrected chi connectivity index (χ3v) is 7.24. The molecule has 2 heterocycles. The molecule has 4 atom stereocenters. The van der Waals surface area contributed by atoms with Crippen LogP contribution in [0.25, 0.3) is 17.0 Å². The van der Waals surface area contributed by atoms with Crippen molar-refractivity contribution < 1.29 is 9.21 Å². The predicted molar refractivity (Wildman–Crippen MR) is 101 cm³/mol. The maximum absolute atomic E-state index is 12.9. The molecule has 3 fully saturated rings. The molecule has 124 valence electrons. The number of carbonyl (C=O) groups excluding carboxylic acids is 1. The molecule has 0 N–H and O–H groups in total. The van der Waals surface area contributed by atoms with Crippen LogP contribution in [-0.2, 0) is 4.79 Å². The van der Waals surface area contributed by atoms with E-state index in [1.807, 2.05) is 41.3 Å². The van der Waals surface area contributed by atoms with Gasteiger partial charge in [0.15, 0.2) is 0 Å². The van der Waals surface area contributed by atoms with Crippen LogP contribution in [-0.4, -0.2) is 21.6 Å². The van der Waals surface area contributed by atoms with Gasteiger partial charge in [-0.25, -0.2) is 0 Å². The molecule has 1 aromatic carbocycles. The third kappa shape index (κ3) is 2.32. The Morgan fingerprint density at radius 2 is 2.12 bits per heavy atom. The van der Waals surface area contributed by atoms with Gasteiger partial charge in [0.25, 0.3) is 5.91 Å². The SMILES string of the molecule is O=C1/C(=C/c2cc3ccccc3o2)SC(S)N1C1CC2CCC1C2. The first-order chi connectivity index (χ1) is 11.7. The predicted octanol–water partition coefficient (Wildman–Crippen LogP) is 4.75. The van der Waals surface area contributed by atoms with Crippen LogP contribution < -0.4 is 0 Å². The molecule has 5 heteroatoms. The lowest BCUT2D eigenvalue weighted by Gasteiger charge is -2.33. The molecule has 2 saturated carbocycles. The minimum atomic E-state index is -0.0718. The van der Waals surface area contributed by atoms with E-state index in [4.69, 9.17) is 4.42 Å². The quantitative estimate of drug-likeness (QED) is 0.622. The fourth-order valence-electron chi connectivity index (χ4n) is 4.61. The zero-order valence-electron chi connectivity index (χ0n) is 13.2. The summed E-state index contributed by atoms with van der Waals surface area (Å²) in [5, 5.41) is 1.06. The number of carbonyl (C=O) groups is 1. The molecule has 3 nitrogen and oxygen atoms in total. The third-order valence-electron chi connectivity index (χ3n) is 5.69. The minimum absolute atomic E-state index is 0.0718. The zero-order valence-corrected chi connectivity index (χ0v) is 14.9. The Kier molecular flexibility index (Phi) is 3.49. The second kappa shape index (κ2) is 5.60. The average molecular weight is 358 g/mol. The number of hydrogen-bond acceptors (Lipinski definition) is 4. The van der Waals surface area contributed by atoms with Crippen molar-refractivity contribution in [2.45, 2.75) is 36.4 Å². The van der Waals surface area contributed by atoms with Crippen LogP contribution in [0.1, 0.15) is 31.4 Å². The molecular weight excluding hydrogens is 338 g/mol. The molecular formula is C19H19NO2S2. The highest BCUT2D eigenvalue weighted by Gasteiger charge is 2.48. The molecule has 4 unspecified atom stereocenters. The number of benzene rings is 1. The van der Waals surface area contributed by atoms with E-state index in [0.717, 1.165) is 34.0 Å². The van der Waals surface area contributed by atoms with Crippen molar-refractivity contribution in [1.82, 2.24) is 4.90 Å². The standard InChI is InChI=1S/C19H19NO2S2/c21-18-17(10-14-9-13-3-1-2-4-16(13)22-14)24-19(23)20(18)15-8-11-5-6-12(15)7-11/h1-4,9-12,15,19,23H,5-8H2/b17-10-. The first-order valence-electron chi connectivity index (χ1n) is 8.57. The molecule has 2 aliphatic carbocycles. The Bertz CT molecular complexity index is 810. The lowest BCUT2D eigenvalue weighted by molar-refractivity contribution is -0.128. The number of hydrogen-bond donors (Lipinski definition) is 1. The smallest absolute Gasteiger partial charge is 0.262 e. The van der Waals surface area contributed by atoms with Gasteiger partial charge in [0.05, 0.1) is 4.91 Å². The first-order valence-corrected chi connectivity index (χ1v) is 9.96. The van der Waals surface area contributed by atoms with Crippen molar-refractivity contribution in [3.8, 4) is 0 Å². The molecule has 2 bridgehead atoms. The second-order valence-electron chi connectivity index (χ2n) is 7.09. The number of thioether (sulfide) groups is 1. The minimum Gasteiger partial charge on any atom is -0.457 e. The summed E-state index contributed by atoms with van der Waals surface area (Å²) in [4.78, 5) is 15.7. The maximum Gasteiger partial charge on any atom is 0.262 e. The Morgan fingerprint density at radius 1 is 1.25 bits per heavy atom. The van der Waals surface area contributed by atoms with Gasteiger partial charge in [0.2, 0.25) is 0 Å². The molecule has 1 aromatic heterocycles. The summed E-state index contributed by atoms with van der Waals surface area (Å²) in [7, 11) is 0. The van der Waals surface area contributed by atoms with Gasteiger partial charge in [-0.3, -0.25) is 4.79 Å². The van der Waals surface area contributed by atoms with Gasteiger partial charge in [0.1, 0.15) is 16.0 Å². The van der Waals surface area contributed by atoms with Crippen LogP contribution in [0.4, 0.5) is 0 Å². The van der Waals surface area contributed by atoms with Crippen LogP contribution in [0.2, 0.25) is 0 Å². The van der Waals surface area contributed by atoms with Crippen molar-refractivity contribution in [3.63, 3.8) is 0 Å². The number of rotatable bonds is 2. The van der Waals surface area contributed by atoms with E-state index in [2.05, 4.69) is 12.6 Å². The number of thiol groups is 1. The van der Waals surface area contributed by atoms with Crippen LogP contribution >= 0.6 is 24.4 Å². The lowest BCUT2D eigenvalue weighted by Crippen LogP contribution is -2.42. The van der Waals surface area contributed by atoms with Crippen LogP contribution in [0.15, 0.2) is 39.7 Å². The molecule has 0 spiro atoms. The number of fused-ring (bicyclic) bond motifs is 3. The van der Waals surface area contributed by atoms with Crippen molar-refractivity contribution >= 4 is 47.3 Å². The average Bonchev–Trinajstić information content (AvgIpc) is 3.31. The van der Waals surface area contributed by atoms with Crippen molar-refractivity contribution in [2.24, 2.45) is 11.8 Å². The summed E-state index contributed by atoms with van der Waals surface area (Å²) in [6, 6.07) is 10.3. The Balaban J connectivity index is 1.43. The van der Waals surface area contributed by atoms with Gasteiger partial charge < -0.3 is 9.32 Å². The summed E-state index contributed by atoms with van der Waals surface area (Å²) in [6.07, 6.45) is 6.94. The summed E-state index contributed by atoms with van der Waals surface area (Å²) < 4.78 is 5.77. The number of nitrogens with zero attached hydrogens (tertiary/aromatic N) is 1. The molecule has 2 aromatic rings. The lowest BCUT2D eigenvalue weighted by atomic mass is 9.94. The molecule has 5 rings (SSSR count). The van der Waals surface area contributed by atoms with Crippen molar-refractivity contribution in [1.29, 1.82) is 0 Å². The maximum atomic E-state index is 12.9. The molecule has 24 heavy (non-hydrogen) atoms. The van der Waals surface area contributed by atoms with Gasteiger partial charge >= 0.3 is 0 Å². The monoisotopic (exact) mass is 357 g/mol. The van der Waals surface area contributed by atoms with Crippen molar-refractivity contribution in [3.05, 3.63) is 41.0 Å². The van der Waals surface area contributed by atoms with Gasteiger partial charge in [0, 0.05) is 17.5 Å². The molecule has 1 saturated heterocycles. The molecule has 3 aliphatic rings. The highest BCUT2D eigenvalue weighted by molar-refractivity contribution is 8.14. The van der Waals surface area contributed by atoms with Gasteiger partial charge in [-0.1, -0.05) is 36.4 Å². The Hall–Kier alpha value is -1.33. The largest absolute Gasteiger partial charge is 0.457 e. The summed E-state index contributed by atoms with van der Waals surface area (Å²) >= 11 is 6.23. The first kappa shape index (κ1) is 15.0. The number of furan rings is 1. The highest BCUT2D eigenvalue weighted by Crippen LogP contribution is 2.51. The van der Waals surface area contributed by atoms with Gasteiger partial charge in [-0.2, -0.15) is 0 Å². The fourth-order valence-corrected chi connectivity index (χ4v) is 6.21. The zero-order chi connectivity index (χ0) is 16.3. The van der Waals surface area contributed by atoms with Crippen molar-refractivity contribution in [2.75, 3.05) is 0 Å². The van der Waals surface area contributed by atoms with E-state index in [0.29, 0.717) is 12.0 Å². The van der Waals surface area contributed by atoms with Crippen LogP contribution in [0.5, 0.6) is 0 Å². The van der Waals surface area contributed by atoms with E-state index in [-0.39, 0.29) is 10.6 Å². The molecule has 1 aliphatic heterocycles. The molecule has 0 radical (unpaired) electrons. The Morgan fingerprint density at radius 3 is 2.88 bits per heavy atom. The van der Waals surface area contributed by atoms with E-state index >= 15 is 0 Å². The van der Waals surface area contributed by atoms with E-state index in [1.54, 1.807) is 11.8 Å². The topological polar surface area (TPSA) is 33.5 Å². The summed E-state index contributed by atoms with van der Waals surface area (Å²) in [6.45, 7) is 0. The fraction of sp³-hybridized carbons (Fsp3) is 0.421. The number of amides is 1. The molecule has 1 amide bonds. The Labute approximate surface area is 150 Å². The van der Waals surface area contributed by atoms with Gasteiger partial charge in [-0.15, -0.1) is 12.6 Å². The normalized spacial score (nSPS) is 34.1.